The van der Waals surface area contributed by atoms with E-state index < -0.39 is 0 Å². The molecule has 1 amide bonds. The topological polar surface area (TPSA) is 85.8 Å². The molecule has 26 heavy (non-hydrogen) atoms. The van der Waals surface area contributed by atoms with E-state index in [1.165, 1.54) is 12.1 Å². The average Bonchev–Trinajstić information content (AvgIpc) is 3.20. The van der Waals surface area contributed by atoms with Crippen LogP contribution in [0.1, 0.15) is 16.1 Å². The van der Waals surface area contributed by atoms with Gasteiger partial charge in [0.25, 0.3) is 11.6 Å². The van der Waals surface area contributed by atoms with Crippen molar-refractivity contribution in [2.75, 3.05) is 5.32 Å². The Morgan fingerprint density at radius 1 is 1.23 bits per heavy atom. The van der Waals surface area contributed by atoms with E-state index in [9.17, 15) is 9.18 Å². The summed E-state index contributed by atoms with van der Waals surface area (Å²) in [4.78, 5) is 17.2. The van der Waals surface area contributed by atoms with Crippen molar-refractivity contribution in [2.24, 2.45) is 7.05 Å². The zero-order chi connectivity index (χ0) is 18.3. The Labute approximate surface area is 147 Å². The van der Waals surface area contributed by atoms with Crippen LogP contribution in [-0.2, 0) is 7.05 Å². The smallest absolute Gasteiger partial charge is 0.259 e. The van der Waals surface area contributed by atoms with Crippen LogP contribution in [0.3, 0.4) is 0 Å². The fourth-order valence-corrected chi connectivity index (χ4v) is 2.71. The Morgan fingerprint density at radius 3 is 2.69 bits per heavy atom. The van der Waals surface area contributed by atoms with Gasteiger partial charge in [-0.3, -0.25) is 9.48 Å². The third-order valence-corrected chi connectivity index (χ3v) is 3.96. The summed E-state index contributed by atoms with van der Waals surface area (Å²) in [6, 6.07) is 9.18. The molecule has 0 fully saturated rings. The van der Waals surface area contributed by atoms with Crippen molar-refractivity contribution >= 4 is 22.8 Å². The van der Waals surface area contributed by atoms with Gasteiger partial charge in [0.2, 0.25) is 0 Å². The quantitative estimate of drug-likeness (QED) is 0.612. The molecular formula is C18H14FN5O2. The van der Waals surface area contributed by atoms with Gasteiger partial charge in [0.15, 0.2) is 5.82 Å². The van der Waals surface area contributed by atoms with Gasteiger partial charge in [0, 0.05) is 24.9 Å². The van der Waals surface area contributed by atoms with Crippen molar-refractivity contribution in [2.45, 2.75) is 6.92 Å². The fraction of sp³-hybridized carbons (Fsp3) is 0.111. The Morgan fingerprint density at radius 2 is 2.00 bits per heavy atom. The molecule has 130 valence electrons. The molecule has 3 heterocycles. The van der Waals surface area contributed by atoms with E-state index in [0.717, 1.165) is 0 Å². The summed E-state index contributed by atoms with van der Waals surface area (Å²) >= 11 is 0. The summed E-state index contributed by atoms with van der Waals surface area (Å²) in [5.74, 6) is -0.274. The van der Waals surface area contributed by atoms with Crippen LogP contribution in [0.4, 0.5) is 10.2 Å². The van der Waals surface area contributed by atoms with Crippen LogP contribution in [0.25, 0.3) is 22.4 Å². The maximum Gasteiger partial charge on any atom is 0.259 e. The highest BCUT2D eigenvalue weighted by atomic mass is 19.1. The minimum atomic E-state index is -0.356. The Bertz CT molecular complexity index is 1110. The number of hydrogen-bond acceptors (Lipinski definition) is 5. The third-order valence-electron chi connectivity index (χ3n) is 3.96. The lowest BCUT2D eigenvalue weighted by atomic mass is 10.1. The number of benzene rings is 1. The van der Waals surface area contributed by atoms with Gasteiger partial charge in [-0.05, 0) is 37.3 Å². The maximum absolute atomic E-state index is 13.2. The molecule has 4 rings (SSSR count). The van der Waals surface area contributed by atoms with Crippen molar-refractivity contribution < 1.29 is 13.7 Å². The second kappa shape index (κ2) is 6.07. The monoisotopic (exact) mass is 351 g/mol. The number of halogens is 1. The van der Waals surface area contributed by atoms with Crippen LogP contribution in [0, 0.1) is 12.7 Å². The van der Waals surface area contributed by atoms with Crippen LogP contribution in [0.5, 0.6) is 0 Å². The summed E-state index contributed by atoms with van der Waals surface area (Å²) in [7, 11) is 1.76. The molecule has 0 bridgehead atoms. The molecule has 0 spiro atoms. The van der Waals surface area contributed by atoms with Crippen LogP contribution < -0.4 is 5.32 Å². The van der Waals surface area contributed by atoms with Crippen LogP contribution in [0.15, 0.2) is 47.1 Å². The number of nitrogens with zero attached hydrogens (tertiary/aromatic N) is 4. The predicted octanol–water partition coefficient (Wildman–Crippen LogP) is 3.32. The molecule has 0 saturated heterocycles. The molecule has 0 unspecified atom stereocenters. The molecule has 0 aliphatic carbocycles. The fourth-order valence-electron chi connectivity index (χ4n) is 2.71. The number of amides is 1. The van der Waals surface area contributed by atoms with E-state index >= 15 is 0 Å². The summed E-state index contributed by atoms with van der Waals surface area (Å²) in [6.45, 7) is 1.74. The number of aryl methyl sites for hydroxylation is 2. The first-order chi connectivity index (χ1) is 12.5. The lowest BCUT2D eigenvalue weighted by molar-refractivity contribution is 0.102. The van der Waals surface area contributed by atoms with E-state index in [-0.39, 0.29) is 17.4 Å². The highest BCUT2D eigenvalue weighted by Crippen LogP contribution is 2.27. The summed E-state index contributed by atoms with van der Waals surface area (Å²) in [5.41, 5.74) is 2.31. The number of rotatable bonds is 3. The normalized spacial score (nSPS) is 11.0. The molecule has 0 aliphatic rings. The Balaban J connectivity index is 1.82. The van der Waals surface area contributed by atoms with Crippen molar-refractivity contribution in [3.05, 3.63) is 59.7 Å². The van der Waals surface area contributed by atoms with Gasteiger partial charge in [-0.25, -0.2) is 9.37 Å². The van der Waals surface area contributed by atoms with Gasteiger partial charge in [-0.2, -0.15) is 5.10 Å². The number of fused-ring (bicyclic) bond motifs is 1. The zero-order valence-electron chi connectivity index (χ0n) is 14.0. The standard InChI is InChI=1S/C18H14FN5O2/c1-10-16-13(17(25)21-15-7-8-24(2)22-15)9-14(20-18(16)26-23-10)11-3-5-12(19)6-4-11/h3-9H,1-2H3,(H,21,22,25). The van der Waals surface area contributed by atoms with Gasteiger partial charge >= 0.3 is 0 Å². The van der Waals surface area contributed by atoms with Crippen molar-refractivity contribution in [3.63, 3.8) is 0 Å². The highest BCUT2D eigenvalue weighted by Gasteiger charge is 2.20. The number of hydrogen-bond donors (Lipinski definition) is 1. The van der Waals surface area contributed by atoms with Crippen LogP contribution >= 0.6 is 0 Å². The maximum atomic E-state index is 13.2. The predicted molar refractivity (Wildman–Crippen MR) is 93.1 cm³/mol. The molecule has 0 saturated carbocycles. The van der Waals surface area contributed by atoms with Gasteiger partial charge in [0.1, 0.15) is 5.82 Å². The van der Waals surface area contributed by atoms with Crippen molar-refractivity contribution in [1.29, 1.82) is 0 Å². The van der Waals surface area contributed by atoms with Gasteiger partial charge in [0.05, 0.1) is 22.3 Å². The molecule has 1 aromatic carbocycles. The van der Waals surface area contributed by atoms with Gasteiger partial charge in [-0.15, -0.1) is 0 Å². The number of pyridine rings is 1. The molecule has 3 aromatic heterocycles. The first-order valence-corrected chi connectivity index (χ1v) is 7.85. The Hall–Kier alpha value is -3.55. The largest absolute Gasteiger partial charge is 0.335 e. The zero-order valence-corrected chi connectivity index (χ0v) is 14.0. The van der Waals surface area contributed by atoms with Crippen molar-refractivity contribution in [3.8, 4) is 11.3 Å². The molecule has 0 atom stereocenters. The summed E-state index contributed by atoms with van der Waals surface area (Å²) in [5, 5.41) is 11.3. The first-order valence-electron chi connectivity index (χ1n) is 7.85. The van der Waals surface area contributed by atoms with E-state index in [1.807, 2.05) is 0 Å². The molecular weight excluding hydrogens is 337 g/mol. The number of anilines is 1. The first kappa shape index (κ1) is 15.9. The molecule has 0 radical (unpaired) electrons. The van der Waals surface area contributed by atoms with Gasteiger partial charge in [-0.1, -0.05) is 5.16 Å². The number of aromatic nitrogens is 4. The van der Waals surface area contributed by atoms with E-state index in [0.29, 0.717) is 33.7 Å². The lowest BCUT2D eigenvalue weighted by Crippen LogP contribution is -2.13. The van der Waals surface area contributed by atoms with E-state index in [4.69, 9.17) is 4.52 Å². The molecule has 0 aliphatic heterocycles. The lowest BCUT2D eigenvalue weighted by Gasteiger charge is -2.07. The highest BCUT2D eigenvalue weighted by molar-refractivity contribution is 6.12. The number of carbonyl (C=O) groups excluding carboxylic acids is 1. The Kier molecular flexibility index (Phi) is 3.72. The second-order valence-corrected chi connectivity index (χ2v) is 5.84. The van der Waals surface area contributed by atoms with Crippen LogP contribution in [-0.4, -0.2) is 25.8 Å². The van der Waals surface area contributed by atoms with Crippen molar-refractivity contribution in [1.82, 2.24) is 19.9 Å². The molecule has 4 aromatic rings. The average molecular weight is 351 g/mol. The summed E-state index contributed by atoms with van der Waals surface area (Å²) < 4.78 is 20.0. The third kappa shape index (κ3) is 2.81. The second-order valence-electron chi connectivity index (χ2n) is 5.84. The molecule has 1 N–H and O–H groups in total. The van der Waals surface area contributed by atoms with E-state index in [2.05, 4.69) is 20.6 Å². The number of nitrogens with one attached hydrogen (secondary N) is 1. The molecule has 8 heteroatoms. The summed E-state index contributed by atoms with van der Waals surface area (Å²) in [6.07, 6.45) is 1.73. The van der Waals surface area contributed by atoms with Gasteiger partial charge < -0.3 is 9.84 Å². The molecule has 7 nitrogen and oxygen atoms in total. The SMILES string of the molecule is Cc1noc2nc(-c3ccc(F)cc3)cc(C(=O)Nc3ccn(C)n3)c12. The van der Waals surface area contributed by atoms with Crippen LogP contribution in [0.2, 0.25) is 0 Å². The number of carbonyl (C=O) groups is 1. The minimum absolute atomic E-state index is 0.246. The minimum Gasteiger partial charge on any atom is -0.335 e. The van der Waals surface area contributed by atoms with E-state index in [1.54, 1.807) is 49.1 Å².